The van der Waals surface area contributed by atoms with Crippen molar-refractivity contribution < 1.29 is 14.0 Å². The Kier molecular flexibility index (Phi) is 3.34. The van der Waals surface area contributed by atoms with Gasteiger partial charge >= 0.3 is 0 Å². The minimum absolute atomic E-state index is 0.247. The highest BCUT2D eigenvalue weighted by atomic mass is 16.5. The maximum atomic E-state index is 12.0. The van der Waals surface area contributed by atoms with Gasteiger partial charge < -0.3 is 15.0 Å². The first kappa shape index (κ1) is 12.9. The van der Waals surface area contributed by atoms with Crippen LogP contribution in [-0.2, 0) is 0 Å². The van der Waals surface area contributed by atoms with Crippen LogP contribution >= 0.6 is 0 Å². The van der Waals surface area contributed by atoms with Crippen LogP contribution in [0.5, 0.6) is 0 Å². The van der Waals surface area contributed by atoms with Gasteiger partial charge in [0.1, 0.15) is 5.56 Å². The Labute approximate surface area is 120 Å². The van der Waals surface area contributed by atoms with E-state index in [2.05, 4.69) is 10.5 Å². The van der Waals surface area contributed by atoms with E-state index < -0.39 is 5.91 Å². The Balaban J connectivity index is 1.77. The standard InChI is InChI=1S/C15H11N3O3/c19-15(12-7-4-8-18(20)10-12)16-14-9-13(21-17-14)11-5-2-1-3-6-11/h1-10H,(H,16,17,19). The average molecular weight is 281 g/mol. The van der Waals surface area contributed by atoms with Crippen molar-refractivity contribution in [3.63, 3.8) is 0 Å². The molecule has 0 fully saturated rings. The fourth-order valence-corrected chi connectivity index (χ4v) is 1.85. The first-order valence-corrected chi connectivity index (χ1v) is 6.25. The van der Waals surface area contributed by atoms with E-state index in [-0.39, 0.29) is 5.56 Å². The Bertz CT molecular complexity index is 769. The molecular formula is C15H11N3O3. The lowest BCUT2D eigenvalue weighted by molar-refractivity contribution is -0.605. The molecule has 3 aromatic rings. The van der Waals surface area contributed by atoms with E-state index in [0.717, 1.165) is 5.56 Å². The topological polar surface area (TPSA) is 82.1 Å². The van der Waals surface area contributed by atoms with Crippen molar-refractivity contribution in [2.45, 2.75) is 0 Å². The summed E-state index contributed by atoms with van der Waals surface area (Å²) in [6, 6.07) is 14.1. The Hall–Kier alpha value is -3.15. The number of nitrogens with zero attached hydrogens (tertiary/aromatic N) is 2. The van der Waals surface area contributed by atoms with Crippen molar-refractivity contribution in [1.82, 2.24) is 5.16 Å². The van der Waals surface area contributed by atoms with Gasteiger partial charge in [-0.3, -0.25) is 4.79 Å². The Morgan fingerprint density at radius 2 is 2.00 bits per heavy atom. The lowest BCUT2D eigenvalue weighted by atomic mass is 10.2. The highest BCUT2D eigenvalue weighted by Gasteiger charge is 2.12. The van der Waals surface area contributed by atoms with Crippen LogP contribution in [0.15, 0.2) is 65.4 Å². The number of hydrogen-bond acceptors (Lipinski definition) is 4. The summed E-state index contributed by atoms with van der Waals surface area (Å²) in [5, 5.41) is 17.5. The van der Waals surface area contributed by atoms with E-state index in [1.807, 2.05) is 30.3 Å². The van der Waals surface area contributed by atoms with E-state index >= 15 is 0 Å². The van der Waals surface area contributed by atoms with E-state index in [4.69, 9.17) is 4.52 Å². The van der Waals surface area contributed by atoms with Crippen LogP contribution in [0.25, 0.3) is 11.3 Å². The summed E-state index contributed by atoms with van der Waals surface area (Å²) in [7, 11) is 0. The number of carbonyl (C=O) groups excluding carboxylic acids is 1. The summed E-state index contributed by atoms with van der Waals surface area (Å²) in [6.45, 7) is 0. The van der Waals surface area contributed by atoms with Gasteiger partial charge in [-0.1, -0.05) is 35.5 Å². The van der Waals surface area contributed by atoms with Gasteiger partial charge in [-0.05, 0) is 6.07 Å². The molecule has 2 aromatic heterocycles. The molecule has 6 heteroatoms. The third kappa shape index (κ3) is 2.89. The molecule has 21 heavy (non-hydrogen) atoms. The second-order valence-electron chi connectivity index (χ2n) is 4.35. The highest BCUT2D eigenvalue weighted by Crippen LogP contribution is 2.22. The SMILES string of the molecule is O=C(Nc1cc(-c2ccccc2)on1)c1ccc[n+]([O-])c1. The molecule has 1 amide bonds. The molecular weight excluding hydrogens is 270 g/mol. The zero-order valence-corrected chi connectivity index (χ0v) is 10.9. The van der Waals surface area contributed by atoms with Crippen LogP contribution < -0.4 is 10.0 Å². The van der Waals surface area contributed by atoms with E-state index in [0.29, 0.717) is 16.3 Å². The molecule has 1 aromatic carbocycles. The van der Waals surface area contributed by atoms with Crippen LogP contribution in [0.2, 0.25) is 0 Å². The van der Waals surface area contributed by atoms with Gasteiger partial charge in [0.05, 0.1) is 0 Å². The van der Waals surface area contributed by atoms with Crippen LogP contribution in [0, 0.1) is 5.21 Å². The molecule has 0 aliphatic rings. The summed E-state index contributed by atoms with van der Waals surface area (Å²) in [4.78, 5) is 12.0. The maximum Gasteiger partial charge on any atom is 0.263 e. The number of aromatic nitrogens is 2. The summed E-state index contributed by atoms with van der Waals surface area (Å²) < 4.78 is 5.74. The minimum Gasteiger partial charge on any atom is -0.619 e. The zero-order chi connectivity index (χ0) is 14.7. The normalized spacial score (nSPS) is 10.3. The molecule has 2 heterocycles. The molecule has 0 aliphatic heterocycles. The minimum atomic E-state index is -0.423. The number of rotatable bonds is 3. The van der Waals surface area contributed by atoms with Gasteiger partial charge in [0.2, 0.25) is 0 Å². The maximum absolute atomic E-state index is 12.0. The third-order valence-corrected chi connectivity index (χ3v) is 2.85. The molecule has 3 rings (SSSR count). The molecule has 104 valence electrons. The molecule has 0 unspecified atom stereocenters. The summed E-state index contributed by atoms with van der Waals surface area (Å²) in [6.07, 6.45) is 2.49. The largest absolute Gasteiger partial charge is 0.619 e. The number of benzene rings is 1. The van der Waals surface area contributed by atoms with Gasteiger partial charge in [0.15, 0.2) is 24.0 Å². The lowest BCUT2D eigenvalue weighted by Gasteiger charge is -2.00. The highest BCUT2D eigenvalue weighted by molar-refractivity contribution is 6.03. The quantitative estimate of drug-likeness (QED) is 0.589. The Morgan fingerprint density at radius 1 is 1.19 bits per heavy atom. The van der Waals surface area contributed by atoms with Gasteiger partial charge in [0, 0.05) is 17.7 Å². The second-order valence-corrected chi connectivity index (χ2v) is 4.35. The number of nitrogens with one attached hydrogen (secondary N) is 1. The first-order valence-electron chi connectivity index (χ1n) is 6.25. The van der Waals surface area contributed by atoms with Crippen LogP contribution in [0.1, 0.15) is 10.4 Å². The number of hydrogen-bond donors (Lipinski definition) is 1. The molecule has 0 spiro atoms. The first-order chi connectivity index (χ1) is 10.2. The van der Waals surface area contributed by atoms with Crippen molar-refractivity contribution >= 4 is 11.7 Å². The Morgan fingerprint density at radius 3 is 2.76 bits per heavy atom. The molecule has 6 nitrogen and oxygen atoms in total. The van der Waals surface area contributed by atoms with Crippen molar-refractivity contribution in [3.8, 4) is 11.3 Å². The fraction of sp³-hybridized carbons (Fsp3) is 0. The number of pyridine rings is 1. The van der Waals surface area contributed by atoms with Gasteiger partial charge in [-0.2, -0.15) is 4.73 Å². The summed E-state index contributed by atoms with van der Waals surface area (Å²) in [5.41, 5.74) is 1.11. The van der Waals surface area contributed by atoms with Crippen LogP contribution in [-0.4, -0.2) is 11.1 Å². The van der Waals surface area contributed by atoms with Crippen molar-refractivity contribution in [3.05, 3.63) is 71.7 Å². The molecule has 0 saturated heterocycles. The smallest absolute Gasteiger partial charge is 0.263 e. The number of carbonyl (C=O) groups is 1. The van der Waals surface area contributed by atoms with Crippen LogP contribution in [0.3, 0.4) is 0 Å². The molecule has 1 N–H and O–H groups in total. The van der Waals surface area contributed by atoms with Crippen molar-refractivity contribution in [2.75, 3.05) is 5.32 Å². The predicted molar refractivity (Wildman–Crippen MR) is 75.3 cm³/mol. The molecule has 0 aliphatic carbocycles. The van der Waals surface area contributed by atoms with Crippen molar-refractivity contribution in [2.24, 2.45) is 0 Å². The van der Waals surface area contributed by atoms with Crippen molar-refractivity contribution in [1.29, 1.82) is 0 Å². The van der Waals surface area contributed by atoms with E-state index in [1.54, 1.807) is 12.1 Å². The van der Waals surface area contributed by atoms with Gasteiger partial charge in [-0.15, -0.1) is 0 Å². The number of amides is 1. The van der Waals surface area contributed by atoms with Gasteiger partial charge in [-0.25, -0.2) is 0 Å². The summed E-state index contributed by atoms with van der Waals surface area (Å²) >= 11 is 0. The average Bonchev–Trinajstić information content (AvgIpc) is 2.97. The third-order valence-electron chi connectivity index (χ3n) is 2.85. The predicted octanol–water partition coefficient (Wildman–Crippen LogP) is 2.23. The molecule has 0 radical (unpaired) electrons. The van der Waals surface area contributed by atoms with E-state index in [1.165, 1.54) is 18.5 Å². The summed E-state index contributed by atoms with van der Waals surface area (Å²) in [5.74, 6) is 0.422. The lowest BCUT2D eigenvalue weighted by Crippen LogP contribution is -2.27. The molecule has 0 atom stereocenters. The zero-order valence-electron chi connectivity index (χ0n) is 10.9. The van der Waals surface area contributed by atoms with Gasteiger partial charge in [0.25, 0.3) is 5.91 Å². The van der Waals surface area contributed by atoms with Crippen LogP contribution in [0.4, 0.5) is 5.82 Å². The monoisotopic (exact) mass is 281 g/mol. The second kappa shape index (κ2) is 5.46. The molecule has 0 bridgehead atoms. The number of anilines is 1. The van der Waals surface area contributed by atoms with E-state index in [9.17, 15) is 10.0 Å². The fourth-order valence-electron chi connectivity index (χ4n) is 1.85. The molecule has 0 saturated carbocycles.